The minimum absolute atomic E-state index is 0.375. The number of halogens is 1. The highest BCUT2D eigenvalue weighted by Crippen LogP contribution is 2.23. The average Bonchev–Trinajstić information content (AvgIpc) is 2.67. The SMILES string of the molecule is [N-]=[N+]=NCC=Cc1c[nH]c2cc(Br)ccc12. The molecule has 5 heteroatoms. The van der Waals surface area contributed by atoms with Gasteiger partial charge in [-0.1, -0.05) is 39.3 Å². The van der Waals surface area contributed by atoms with Gasteiger partial charge in [-0.2, -0.15) is 0 Å². The molecule has 0 aliphatic rings. The number of H-pyrrole nitrogens is 1. The number of benzene rings is 1. The lowest BCUT2D eigenvalue weighted by Gasteiger charge is -1.92. The van der Waals surface area contributed by atoms with Crippen LogP contribution in [-0.2, 0) is 0 Å². The number of azide groups is 1. The van der Waals surface area contributed by atoms with Gasteiger partial charge in [0.05, 0.1) is 0 Å². The van der Waals surface area contributed by atoms with Gasteiger partial charge < -0.3 is 4.98 Å². The Morgan fingerprint density at radius 2 is 2.38 bits per heavy atom. The summed E-state index contributed by atoms with van der Waals surface area (Å²) in [7, 11) is 0. The van der Waals surface area contributed by atoms with Gasteiger partial charge in [-0.3, -0.25) is 0 Å². The molecule has 0 atom stereocenters. The topological polar surface area (TPSA) is 64.6 Å². The second kappa shape index (κ2) is 4.88. The second-order valence-electron chi connectivity index (χ2n) is 3.25. The van der Waals surface area contributed by atoms with Gasteiger partial charge in [0.25, 0.3) is 0 Å². The van der Waals surface area contributed by atoms with Gasteiger partial charge in [-0.05, 0) is 23.2 Å². The third-order valence-electron chi connectivity index (χ3n) is 2.22. The van der Waals surface area contributed by atoms with E-state index in [0.717, 1.165) is 20.9 Å². The molecule has 0 aliphatic carbocycles. The van der Waals surface area contributed by atoms with Crippen molar-refractivity contribution in [3.63, 3.8) is 0 Å². The molecule has 0 amide bonds. The molecular weight excluding hydrogens is 268 g/mol. The number of aromatic amines is 1. The summed E-state index contributed by atoms with van der Waals surface area (Å²) in [5.41, 5.74) is 10.3. The molecule has 1 heterocycles. The van der Waals surface area contributed by atoms with Crippen LogP contribution in [0.4, 0.5) is 0 Å². The van der Waals surface area contributed by atoms with Crippen molar-refractivity contribution < 1.29 is 0 Å². The Hall–Kier alpha value is -1.71. The predicted octanol–water partition coefficient (Wildman–Crippen LogP) is 4.25. The van der Waals surface area contributed by atoms with Gasteiger partial charge in [0.1, 0.15) is 0 Å². The van der Waals surface area contributed by atoms with E-state index in [1.54, 1.807) is 0 Å². The zero-order valence-electron chi connectivity index (χ0n) is 8.39. The Bertz CT molecular complexity index is 579. The van der Waals surface area contributed by atoms with Crippen LogP contribution in [0.25, 0.3) is 27.4 Å². The smallest absolute Gasteiger partial charge is 0.0471 e. The average molecular weight is 277 g/mol. The van der Waals surface area contributed by atoms with Crippen molar-refractivity contribution in [2.45, 2.75) is 0 Å². The maximum Gasteiger partial charge on any atom is 0.0471 e. The van der Waals surface area contributed by atoms with Crippen LogP contribution in [0.5, 0.6) is 0 Å². The fourth-order valence-electron chi connectivity index (χ4n) is 1.52. The first-order valence-corrected chi connectivity index (χ1v) is 5.54. The van der Waals surface area contributed by atoms with Gasteiger partial charge in [-0.25, -0.2) is 0 Å². The standard InChI is InChI=1S/C11H9BrN4/c12-9-3-4-10-8(2-1-5-15-16-13)7-14-11(10)6-9/h1-4,6-7,14H,5H2. The van der Waals surface area contributed by atoms with Crippen LogP contribution in [0.2, 0.25) is 0 Å². The molecule has 2 rings (SSSR count). The minimum Gasteiger partial charge on any atom is -0.361 e. The molecule has 0 aliphatic heterocycles. The van der Waals surface area contributed by atoms with E-state index >= 15 is 0 Å². The van der Waals surface area contributed by atoms with Crippen LogP contribution in [0.3, 0.4) is 0 Å². The molecule has 0 fully saturated rings. The summed E-state index contributed by atoms with van der Waals surface area (Å²) >= 11 is 3.42. The number of rotatable bonds is 3. The third kappa shape index (κ3) is 2.27. The predicted molar refractivity (Wildman–Crippen MR) is 69.0 cm³/mol. The summed E-state index contributed by atoms with van der Waals surface area (Å²) in [5, 5.41) is 4.59. The lowest BCUT2D eigenvalue weighted by atomic mass is 10.1. The van der Waals surface area contributed by atoms with Gasteiger partial charge in [0, 0.05) is 33.0 Å². The fraction of sp³-hybridized carbons (Fsp3) is 0.0909. The molecule has 4 nitrogen and oxygen atoms in total. The molecule has 1 aromatic heterocycles. The maximum absolute atomic E-state index is 8.14. The first-order valence-electron chi connectivity index (χ1n) is 4.75. The van der Waals surface area contributed by atoms with Crippen molar-refractivity contribution in [3.05, 3.63) is 51.0 Å². The van der Waals surface area contributed by atoms with E-state index in [2.05, 4.69) is 30.9 Å². The van der Waals surface area contributed by atoms with Gasteiger partial charge in [0.15, 0.2) is 0 Å². The van der Waals surface area contributed by atoms with E-state index in [1.165, 1.54) is 0 Å². The summed E-state index contributed by atoms with van der Waals surface area (Å²) in [6.45, 7) is 0.375. The number of fused-ring (bicyclic) bond motifs is 1. The zero-order chi connectivity index (χ0) is 11.4. The Kier molecular flexibility index (Phi) is 3.29. The van der Waals surface area contributed by atoms with Crippen molar-refractivity contribution in [3.8, 4) is 0 Å². The summed E-state index contributed by atoms with van der Waals surface area (Å²) in [4.78, 5) is 5.87. The fourth-order valence-corrected chi connectivity index (χ4v) is 1.88. The summed E-state index contributed by atoms with van der Waals surface area (Å²) in [6, 6.07) is 6.07. The number of hydrogen-bond donors (Lipinski definition) is 1. The van der Waals surface area contributed by atoms with Crippen molar-refractivity contribution in [1.29, 1.82) is 0 Å². The summed E-state index contributed by atoms with van der Waals surface area (Å²) in [5.74, 6) is 0. The quantitative estimate of drug-likeness (QED) is 0.495. The van der Waals surface area contributed by atoms with E-state index in [1.807, 2.05) is 36.5 Å². The number of aromatic nitrogens is 1. The first kappa shape index (κ1) is 10.8. The molecule has 2 aromatic rings. The molecule has 0 unspecified atom stereocenters. The molecule has 0 radical (unpaired) electrons. The van der Waals surface area contributed by atoms with Crippen LogP contribution in [0, 0.1) is 0 Å². The second-order valence-corrected chi connectivity index (χ2v) is 4.17. The zero-order valence-corrected chi connectivity index (χ0v) is 9.98. The molecule has 16 heavy (non-hydrogen) atoms. The van der Waals surface area contributed by atoms with Gasteiger partial charge >= 0.3 is 0 Å². The van der Waals surface area contributed by atoms with Crippen molar-refractivity contribution in [2.24, 2.45) is 5.11 Å². The van der Waals surface area contributed by atoms with E-state index in [4.69, 9.17) is 5.53 Å². The van der Waals surface area contributed by atoms with Crippen molar-refractivity contribution in [1.82, 2.24) is 4.98 Å². The molecule has 1 N–H and O–H groups in total. The summed E-state index contributed by atoms with van der Waals surface area (Å²) in [6.07, 6.45) is 5.72. The van der Waals surface area contributed by atoms with E-state index in [9.17, 15) is 0 Å². The number of hydrogen-bond acceptors (Lipinski definition) is 1. The Labute approximate surface area is 101 Å². The van der Waals surface area contributed by atoms with E-state index < -0.39 is 0 Å². The van der Waals surface area contributed by atoms with Crippen LogP contribution < -0.4 is 0 Å². The van der Waals surface area contributed by atoms with Crippen LogP contribution >= 0.6 is 15.9 Å². The molecule has 0 saturated heterocycles. The van der Waals surface area contributed by atoms with Crippen LogP contribution in [0.15, 0.2) is 40.1 Å². The Morgan fingerprint density at radius 1 is 1.50 bits per heavy atom. The molecule has 0 spiro atoms. The molecular formula is C11H9BrN4. The van der Waals surface area contributed by atoms with Crippen molar-refractivity contribution in [2.75, 3.05) is 6.54 Å². The first-order chi connectivity index (χ1) is 7.81. The van der Waals surface area contributed by atoms with E-state index in [-0.39, 0.29) is 0 Å². The molecule has 80 valence electrons. The third-order valence-corrected chi connectivity index (χ3v) is 2.72. The van der Waals surface area contributed by atoms with Gasteiger partial charge in [0.2, 0.25) is 0 Å². The number of nitrogens with one attached hydrogen (secondary N) is 1. The molecule has 1 aromatic carbocycles. The largest absolute Gasteiger partial charge is 0.361 e. The highest BCUT2D eigenvalue weighted by molar-refractivity contribution is 9.10. The minimum atomic E-state index is 0.375. The van der Waals surface area contributed by atoms with Crippen molar-refractivity contribution >= 4 is 32.9 Å². The highest BCUT2D eigenvalue weighted by Gasteiger charge is 2.00. The Balaban J connectivity index is 2.31. The Morgan fingerprint density at radius 3 is 3.19 bits per heavy atom. The van der Waals surface area contributed by atoms with Gasteiger partial charge in [-0.15, -0.1) is 0 Å². The van der Waals surface area contributed by atoms with Crippen LogP contribution in [0.1, 0.15) is 5.56 Å². The molecule has 0 saturated carbocycles. The number of nitrogens with zero attached hydrogens (tertiary/aromatic N) is 3. The molecule has 0 bridgehead atoms. The van der Waals surface area contributed by atoms with Crippen LogP contribution in [-0.4, -0.2) is 11.5 Å². The summed E-state index contributed by atoms with van der Waals surface area (Å²) < 4.78 is 1.05. The maximum atomic E-state index is 8.14. The normalized spacial score (nSPS) is 10.8. The lowest BCUT2D eigenvalue weighted by molar-refractivity contribution is 1.22. The monoisotopic (exact) mass is 276 g/mol. The van der Waals surface area contributed by atoms with E-state index in [0.29, 0.717) is 6.54 Å². The highest BCUT2D eigenvalue weighted by atomic mass is 79.9. The lowest BCUT2D eigenvalue weighted by Crippen LogP contribution is -1.71.